The van der Waals surface area contributed by atoms with Gasteiger partial charge in [0.2, 0.25) is 5.91 Å². The second-order valence-electron chi connectivity index (χ2n) is 7.78. The van der Waals surface area contributed by atoms with E-state index >= 15 is 0 Å². The van der Waals surface area contributed by atoms with E-state index in [-0.39, 0.29) is 22.0 Å². The molecule has 1 saturated carbocycles. The van der Waals surface area contributed by atoms with Crippen molar-refractivity contribution in [1.82, 2.24) is 0 Å². The van der Waals surface area contributed by atoms with Gasteiger partial charge in [-0.2, -0.15) is 5.26 Å². The predicted molar refractivity (Wildman–Crippen MR) is 131 cm³/mol. The summed E-state index contributed by atoms with van der Waals surface area (Å²) in [6, 6.07) is 13.4. The summed E-state index contributed by atoms with van der Waals surface area (Å²) in [6.45, 7) is 0. The van der Waals surface area contributed by atoms with Crippen molar-refractivity contribution in [1.29, 1.82) is 5.26 Å². The molecular weight excluding hydrogens is 542 g/mol. The molecule has 1 aliphatic rings. The van der Waals surface area contributed by atoms with Gasteiger partial charge in [-0.25, -0.2) is 8.78 Å². The molecular formula is C24H13Cl4F2N3O2. The van der Waals surface area contributed by atoms with Gasteiger partial charge in [0.25, 0.3) is 5.91 Å². The number of amides is 2. The smallest absolute Gasteiger partial charge is 0.257 e. The standard InChI is InChI=1S/C24H13Cl4F2N3O2/c25-13-6-11(10-31)5-12(7-13)20-21(24(20,27)28)23(35)32-15-2-3-17(26)16(9-15)22(34)33-19-4-1-14(29)8-18(19)30/h1-9,20-21H,(H,32,35)(H,33,34)/t20-,21+/m1/s1. The van der Waals surface area contributed by atoms with Gasteiger partial charge in [0.05, 0.1) is 33.8 Å². The van der Waals surface area contributed by atoms with Gasteiger partial charge < -0.3 is 10.6 Å². The van der Waals surface area contributed by atoms with Crippen LogP contribution < -0.4 is 10.6 Å². The van der Waals surface area contributed by atoms with Gasteiger partial charge in [0.15, 0.2) is 0 Å². The largest absolute Gasteiger partial charge is 0.326 e. The first-order valence-corrected chi connectivity index (χ1v) is 11.5. The number of anilines is 2. The third-order valence-corrected chi connectivity index (χ3v) is 6.89. The molecule has 0 aliphatic heterocycles. The van der Waals surface area contributed by atoms with Crippen LogP contribution in [0.5, 0.6) is 0 Å². The SMILES string of the molecule is N#Cc1cc(Cl)cc([C@@H]2[C@@H](C(=O)Nc3ccc(Cl)c(C(=O)Nc4ccc(F)cc4F)c3)C2(Cl)Cl)c1. The van der Waals surface area contributed by atoms with Crippen molar-refractivity contribution in [3.8, 4) is 6.07 Å². The number of nitriles is 1. The second-order valence-corrected chi connectivity index (χ2v) is 10.1. The van der Waals surface area contributed by atoms with Gasteiger partial charge in [-0.15, -0.1) is 23.2 Å². The number of nitrogens with zero attached hydrogens (tertiary/aromatic N) is 1. The van der Waals surface area contributed by atoms with Gasteiger partial charge in [0.1, 0.15) is 16.0 Å². The average molecular weight is 555 g/mol. The number of alkyl halides is 2. The molecule has 3 aromatic rings. The van der Waals surface area contributed by atoms with Gasteiger partial charge in [0, 0.05) is 22.7 Å². The summed E-state index contributed by atoms with van der Waals surface area (Å²) in [5.41, 5.74) is 0.750. The van der Waals surface area contributed by atoms with Gasteiger partial charge in [-0.1, -0.05) is 23.2 Å². The third-order valence-electron chi connectivity index (χ3n) is 5.40. The van der Waals surface area contributed by atoms with Crippen molar-refractivity contribution >= 4 is 69.6 Å². The number of hydrogen-bond acceptors (Lipinski definition) is 3. The molecule has 0 spiro atoms. The summed E-state index contributed by atoms with van der Waals surface area (Å²) in [5, 5.41) is 14.5. The van der Waals surface area contributed by atoms with E-state index in [1.807, 2.05) is 6.07 Å². The Balaban J connectivity index is 1.52. The van der Waals surface area contributed by atoms with Crippen LogP contribution in [0.25, 0.3) is 0 Å². The summed E-state index contributed by atoms with van der Waals surface area (Å²) in [5.74, 6) is -4.53. The van der Waals surface area contributed by atoms with Crippen LogP contribution in [0.3, 0.4) is 0 Å². The third kappa shape index (κ3) is 5.21. The van der Waals surface area contributed by atoms with Crippen LogP contribution in [0.4, 0.5) is 20.2 Å². The topological polar surface area (TPSA) is 82.0 Å². The Morgan fingerprint density at radius 1 is 0.971 bits per heavy atom. The zero-order chi connectivity index (χ0) is 25.5. The van der Waals surface area contributed by atoms with Crippen LogP contribution >= 0.6 is 46.4 Å². The number of nitrogens with one attached hydrogen (secondary N) is 2. The van der Waals surface area contributed by atoms with E-state index in [0.717, 1.165) is 12.1 Å². The highest BCUT2D eigenvalue weighted by Crippen LogP contribution is 2.65. The minimum absolute atomic E-state index is 0.0410. The normalized spacial score (nSPS) is 17.9. The van der Waals surface area contributed by atoms with Crippen LogP contribution in [0, 0.1) is 28.9 Å². The van der Waals surface area contributed by atoms with Crippen LogP contribution in [0.15, 0.2) is 54.6 Å². The van der Waals surface area contributed by atoms with Crippen LogP contribution in [-0.2, 0) is 4.79 Å². The molecule has 4 rings (SSSR count). The molecule has 11 heteroatoms. The number of carbonyl (C=O) groups is 2. The Morgan fingerprint density at radius 3 is 2.40 bits per heavy atom. The molecule has 2 atom stereocenters. The van der Waals surface area contributed by atoms with Crippen LogP contribution in [0.1, 0.15) is 27.4 Å². The molecule has 0 saturated heterocycles. The second kappa shape index (κ2) is 9.63. The van der Waals surface area contributed by atoms with Crippen molar-refractivity contribution in [3.05, 3.63) is 93.0 Å². The predicted octanol–water partition coefficient (Wildman–Crippen LogP) is 6.92. The van der Waals surface area contributed by atoms with E-state index in [2.05, 4.69) is 10.6 Å². The molecule has 1 fully saturated rings. The van der Waals surface area contributed by atoms with Crippen molar-refractivity contribution in [2.45, 2.75) is 10.3 Å². The van der Waals surface area contributed by atoms with E-state index in [0.29, 0.717) is 22.2 Å². The Morgan fingerprint density at radius 2 is 1.71 bits per heavy atom. The highest BCUT2D eigenvalue weighted by molar-refractivity contribution is 6.53. The molecule has 5 nitrogen and oxygen atoms in total. The molecule has 1 aliphatic carbocycles. The maximum Gasteiger partial charge on any atom is 0.257 e. The fourth-order valence-corrected chi connectivity index (χ4v) is 4.98. The molecule has 0 bridgehead atoms. The summed E-state index contributed by atoms with van der Waals surface area (Å²) >= 11 is 24.9. The minimum atomic E-state index is -1.44. The maximum atomic E-state index is 13.9. The van der Waals surface area contributed by atoms with Crippen molar-refractivity contribution in [3.63, 3.8) is 0 Å². The quantitative estimate of drug-likeness (QED) is 0.336. The fraction of sp³-hybridized carbons (Fsp3) is 0.125. The molecule has 35 heavy (non-hydrogen) atoms. The molecule has 178 valence electrons. The lowest BCUT2D eigenvalue weighted by atomic mass is 10.1. The van der Waals surface area contributed by atoms with E-state index in [4.69, 9.17) is 51.7 Å². The Labute approximate surface area is 218 Å². The highest BCUT2D eigenvalue weighted by Gasteiger charge is 2.67. The van der Waals surface area contributed by atoms with Gasteiger partial charge in [-0.3, -0.25) is 9.59 Å². The lowest BCUT2D eigenvalue weighted by Crippen LogP contribution is -2.18. The zero-order valence-electron chi connectivity index (χ0n) is 17.4. The fourth-order valence-electron chi connectivity index (χ4n) is 3.70. The first-order chi connectivity index (χ1) is 16.5. The molecule has 0 unspecified atom stereocenters. The Hall–Kier alpha value is -2.89. The number of rotatable bonds is 5. The maximum absolute atomic E-state index is 13.9. The Bertz CT molecular complexity index is 1410. The van der Waals surface area contributed by atoms with E-state index in [9.17, 15) is 18.4 Å². The van der Waals surface area contributed by atoms with Crippen molar-refractivity contribution in [2.75, 3.05) is 10.6 Å². The number of benzene rings is 3. The zero-order valence-corrected chi connectivity index (χ0v) is 20.4. The molecule has 2 amide bonds. The first kappa shape index (κ1) is 25.2. The Kier molecular flexibility index (Phi) is 6.94. The minimum Gasteiger partial charge on any atom is -0.326 e. The van der Waals surface area contributed by atoms with E-state index in [1.165, 1.54) is 24.3 Å². The average Bonchev–Trinajstić information content (AvgIpc) is 3.38. The molecule has 0 heterocycles. The summed E-state index contributed by atoms with van der Waals surface area (Å²) in [4.78, 5) is 25.6. The summed E-state index contributed by atoms with van der Waals surface area (Å²) in [7, 11) is 0. The van der Waals surface area contributed by atoms with Crippen LogP contribution in [-0.4, -0.2) is 16.1 Å². The highest BCUT2D eigenvalue weighted by atomic mass is 35.5. The van der Waals surface area contributed by atoms with Crippen LogP contribution in [0.2, 0.25) is 10.0 Å². The first-order valence-electron chi connectivity index (χ1n) is 9.96. The lowest BCUT2D eigenvalue weighted by Gasteiger charge is -2.11. The molecule has 0 aromatic heterocycles. The van der Waals surface area contributed by atoms with Gasteiger partial charge in [-0.05, 0) is 54.1 Å². The summed E-state index contributed by atoms with van der Waals surface area (Å²) in [6.07, 6.45) is 0. The number of hydrogen-bond donors (Lipinski definition) is 2. The van der Waals surface area contributed by atoms with E-state index < -0.39 is 39.6 Å². The monoisotopic (exact) mass is 553 g/mol. The summed E-state index contributed by atoms with van der Waals surface area (Å²) < 4.78 is 25.6. The lowest BCUT2D eigenvalue weighted by molar-refractivity contribution is -0.117. The molecule has 3 aromatic carbocycles. The number of carbonyl (C=O) groups excluding carboxylic acids is 2. The van der Waals surface area contributed by atoms with Gasteiger partial charge >= 0.3 is 0 Å². The number of halogens is 6. The molecule has 2 N–H and O–H groups in total. The van der Waals surface area contributed by atoms with E-state index in [1.54, 1.807) is 12.1 Å². The molecule has 0 radical (unpaired) electrons. The van der Waals surface area contributed by atoms with Crippen molar-refractivity contribution in [2.24, 2.45) is 5.92 Å². The van der Waals surface area contributed by atoms with Crippen molar-refractivity contribution < 1.29 is 18.4 Å².